The van der Waals surface area contributed by atoms with Gasteiger partial charge in [-0.1, -0.05) is 0 Å². The SMILES string of the molecule is CN(C)c1c(F)cc(NC(=O)c2cc(=O)[nH]c3ccc(S(=O)(=O)N4CCOCC4)cc23)cc1F. The zero-order valence-corrected chi connectivity index (χ0v) is 19.2. The van der Waals surface area contributed by atoms with Crippen molar-refractivity contribution >= 4 is 38.2 Å². The van der Waals surface area contributed by atoms with Crippen LogP contribution in [0.25, 0.3) is 10.9 Å². The van der Waals surface area contributed by atoms with Crippen LogP contribution in [0, 0.1) is 11.6 Å². The number of benzene rings is 2. The maximum atomic E-state index is 14.3. The van der Waals surface area contributed by atoms with Gasteiger partial charge in [0.2, 0.25) is 15.6 Å². The smallest absolute Gasteiger partial charge is 0.256 e. The van der Waals surface area contributed by atoms with Crippen LogP contribution in [0.4, 0.5) is 20.2 Å². The van der Waals surface area contributed by atoms with E-state index in [1.54, 1.807) is 0 Å². The largest absolute Gasteiger partial charge is 0.379 e. The van der Waals surface area contributed by atoms with Gasteiger partial charge in [0.15, 0.2) is 11.6 Å². The van der Waals surface area contributed by atoms with Crippen LogP contribution in [-0.4, -0.2) is 64.0 Å². The molecule has 2 heterocycles. The van der Waals surface area contributed by atoms with Gasteiger partial charge in [-0.3, -0.25) is 9.59 Å². The van der Waals surface area contributed by atoms with E-state index >= 15 is 0 Å². The number of fused-ring (bicyclic) bond motifs is 1. The Morgan fingerprint density at radius 1 is 1.09 bits per heavy atom. The molecule has 0 spiro atoms. The normalized spacial score (nSPS) is 14.8. The molecule has 1 amide bonds. The second-order valence-corrected chi connectivity index (χ2v) is 9.85. The van der Waals surface area contributed by atoms with Crippen LogP contribution in [0.15, 0.2) is 46.1 Å². The van der Waals surface area contributed by atoms with E-state index < -0.39 is 33.1 Å². The van der Waals surface area contributed by atoms with Gasteiger partial charge >= 0.3 is 0 Å². The first kappa shape index (κ1) is 23.8. The summed E-state index contributed by atoms with van der Waals surface area (Å²) in [4.78, 5) is 28.9. The molecule has 1 aliphatic rings. The minimum atomic E-state index is -3.86. The standard InChI is InChI=1S/C22H22F2N4O5S/c1-27(2)21-17(23)9-13(10-18(21)24)25-22(30)16-12-20(29)26-19-4-3-14(11-15(16)19)34(31,32)28-5-7-33-8-6-28/h3-4,9-12H,5-8H2,1-2H3,(H,25,30)(H,26,29). The van der Waals surface area contributed by atoms with Crippen molar-refractivity contribution in [2.75, 3.05) is 50.6 Å². The summed E-state index contributed by atoms with van der Waals surface area (Å²) >= 11 is 0. The van der Waals surface area contributed by atoms with E-state index in [9.17, 15) is 26.8 Å². The van der Waals surface area contributed by atoms with E-state index in [4.69, 9.17) is 4.74 Å². The molecule has 9 nitrogen and oxygen atoms in total. The number of hydrogen-bond acceptors (Lipinski definition) is 6. The van der Waals surface area contributed by atoms with Gasteiger partial charge in [0.25, 0.3) is 5.91 Å². The molecule has 0 unspecified atom stereocenters. The van der Waals surface area contributed by atoms with Crippen LogP contribution in [0.3, 0.4) is 0 Å². The van der Waals surface area contributed by atoms with Gasteiger partial charge in [-0.15, -0.1) is 0 Å². The number of amides is 1. The van der Waals surface area contributed by atoms with Crippen LogP contribution in [0.1, 0.15) is 10.4 Å². The van der Waals surface area contributed by atoms with Crippen LogP contribution >= 0.6 is 0 Å². The summed E-state index contributed by atoms with van der Waals surface area (Å²) in [7, 11) is -0.910. The molecule has 0 bridgehead atoms. The van der Waals surface area contributed by atoms with Crippen LogP contribution in [0.5, 0.6) is 0 Å². The quantitative estimate of drug-likeness (QED) is 0.565. The van der Waals surface area contributed by atoms with Gasteiger partial charge < -0.3 is 19.9 Å². The zero-order chi connectivity index (χ0) is 24.6. The summed E-state index contributed by atoms with van der Waals surface area (Å²) in [5.74, 6) is -2.58. The average Bonchev–Trinajstić information content (AvgIpc) is 2.78. The second-order valence-electron chi connectivity index (χ2n) is 7.91. The Kier molecular flexibility index (Phi) is 6.39. The summed E-state index contributed by atoms with van der Waals surface area (Å²) in [5, 5.41) is 2.54. The zero-order valence-electron chi connectivity index (χ0n) is 18.4. The fourth-order valence-corrected chi connectivity index (χ4v) is 5.22. The number of nitrogens with zero attached hydrogens (tertiary/aromatic N) is 2. The molecule has 4 rings (SSSR count). The van der Waals surface area contributed by atoms with Gasteiger partial charge in [0.1, 0.15) is 5.69 Å². The Bertz CT molecular complexity index is 1410. The molecular formula is C22H22F2N4O5S. The van der Waals surface area contributed by atoms with Crippen molar-refractivity contribution in [3.63, 3.8) is 0 Å². The fourth-order valence-electron chi connectivity index (χ4n) is 3.78. The summed E-state index contributed by atoms with van der Waals surface area (Å²) in [6, 6.07) is 6.95. The Morgan fingerprint density at radius 3 is 2.35 bits per heavy atom. The number of pyridine rings is 1. The third kappa shape index (κ3) is 4.52. The second kappa shape index (κ2) is 9.12. The Labute approximate surface area is 194 Å². The highest BCUT2D eigenvalue weighted by molar-refractivity contribution is 7.89. The van der Waals surface area contributed by atoms with Gasteiger partial charge in [-0.05, 0) is 30.3 Å². The number of rotatable bonds is 5. The molecule has 1 aliphatic heterocycles. The minimum Gasteiger partial charge on any atom is -0.379 e. The monoisotopic (exact) mass is 492 g/mol. The van der Waals surface area contributed by atoms with Crippen molar-refractivity contribution < 1.29 is 26.7 Å². The lowest BCUT2D eigenvalue weighted by Crippen LogP contribution is -2.40. The van der Waals surface area contributed by atoms with E-state index in [1.165, 1.54) is 41.5 Å². The molecule has 180 valence electrons. The third-order valence-corrected chi connectivity index (χ3v) is 7.28. The topological polar surface area (TPSA) is 112 Å². The number of sulfonamides is 1. The summed E-state index contributed by atoms with van der Waals surface area (Å²) in [6.45, 7) is 0.930. The number of morpholine rings is 1. The highest BCUT2D eigenvalue weighted by atomic mass is 32.2. The molecule has 34 heavy (non-hydrogen) atoms. The molecule has 1 aromatic heterocycles. The van der Waals surface area contributed by atoms with Crippen molar-refractivity contribution in [3.8, 4) is 0 Å². The highest BCUT2D eigenvalue weighted by Gasteiger charge is 2.27. The number of H-pyrrole nitrogens is 1. The fraction of sp³-hybridized carbons (Fsp3) is 0.273. The molecule has 2 N–H and O–H groups in total. The molecule has 1 fully saturated rings. The molecule has 0 atom stereocenters. The Hall–Kier alpha value is -3.35. The maximum Gasteiger partial charge on any atom is 0.256 e. The molecule has 0 saturated carbocycles. The predicted octanol–water partition coefficient (Wildman–Crippen LogP) is 2.15. The van der Waals surface area contributed by atoms with Crippen molar-refractivity contribution in [1.82, 2.24) is 9.29 Å². The first-order valence-electron chi connectivity index (χ1n) is 10.3. The van der Waals surface area contributed by atoms with E-state index in [1.807, 2.05) is 0 Å². The average molecular weight is 493 g/mol. The van der Waals surface area contributed by atoms with Gasteiger partial charge in [-0.25, -0.2) is 17.2 Å². The lowest BCUT2D eigenvalue weighted by molar-refractivity contribution is 0.0730. The molecule has 1 saturated heterocycles. The molecule has 0 aliphatic carbocycles. The van der Waals surface area contributed by atoms with Crippen molar-refractivity contribution in [2.45, 2.75) is 4.90 Å². The van der Waals surface area contributed by atoms with E-state index in [2.05, 4.69) is 10.3 Å². The van der Waals surface area contributed by atoms with E-state index in [0.29, 0.717) is 0 Å². The number of anilines is 2. The number of carbonyl (C=O) groups excluding carboxylic acids is 1. The summed E-state index contributed by atoms with van der Waals surface area (Å²) in [6.07, 6.45) is 0. The lowest BCUT2D eigenvalue weighted by atomic mass is 10.1. The minimum absolute atomic E-state index is 0.0598. The lowest BCUT2D eigenvalue weighted by Gasteiger charge is -2.26. The molecule has 0 radical (unpaired) electrons. The summed E-state index contributed by atoms with van der Waals surface area (Å²) in [5.41, 5.74) is -0.926. The van der Waals surface area contributed by atoms with Gasteiger partial charge in [-0.2, -0.15) is 4.31 Å². The van der Waals surface area contributed by atoms with Gasteiger partial charge in [0.05, 0.1) is 23.7 Å². The number of hydrogen-bond donors (Lipinski definition) is 2. The summed E-state index contributed by atoms with van der Waals surface area (Å²) < 4.78 is 61.2. The number of aromatic nitrogens is 1. The van der Waals surface area contributed by atoms with E-state index in [0.717, 1.165) is 18.2 Å². The molecular weight excluding hydrogens is 470 g/mol. The van der Waals surface area contributed by atoms with Crippen LogP contribution < -0.4 is 15.8 Å². The highest BCUT2D eigenvalue weighted by Crippen LogP contribution is 2.27. The number of ether oxygens (including phenoxy) is 1. The molecule has 2 aromatic carbocycles. The predicted molar refractivity (Wildman–Crippen MR) is 123 cm³/mol. The van der Waals surface area contributed by atoms with Crippen LogP contribution in [0.2, 0.25) is 0 Å². The Balaban J connectivity index is 1.74. The number of aromatic amines is 1. The van der Waals surface area contributed by atoms with Crippen molar-refractivity contribution in [3.05, 3.63) is 63.9 Å². The first-order valence-corrected chi connectivity index (χ1v) is 11.7. The van der Waals surface area contributed by atoms with E-state index in [-0.39, 0.29) is 59.0 Å². The molecule has 3 aromatic rings. The maximum absolute atomic E-state index is 14.3. The molecule has 12 heteroatoms. The third-order valence-electron chi connectivity index (χ3n) is 5.39. The number of halogens is 2. The van der Waals surface area contributed by atoms with Gasteiger partial charge in [0, 0.05) is 49.8 Å². The van der Waals surface area contributed by atoms with Crippen LogP contribution in [-0.2, 0) is 14.8 Å². The first-order chi connectivity index (χ1) is 16.1. The van der Waals surface area contributed by atoms with Crippen molar-refractivity contribution in [1.29, 1.82) is 0 Å². The number of nitrogens with one attached hydrogen (secondary N) is 2. The Morgan fingerprint density at radius 2 is 1.74 bits per heavy atom. The number of carbonyl (C=O) groups is 1. The van der Waals surface area contributed by atoms with Crippen molar-refractivity contribution in [2.24, 2.45) is 0 Å².